The number of hydrogen-bond acceptors (Lipinski definition) is 5. The maximum absolute atomic E-state index is 12.4. The highest BCUT2D eigenvalue weighted by Gasteiger charge is 2.21. The third-order valence-electron chi connectivity index (χ3n) is 4.34. The van der Waals surface area contributed by atoms with E-state index in [2.05, 4.69) is 29.9 Å². The highest BCUT2D eigenvalue weighted by molar-refractivity contribution is 8.00. The van der Waals surface area contributed by atoms with Crippen molar-refractivity contribution in [3.63, 3.8) is 0 Å². The van der Waals surface area contributed by atoms with E-state index in [9.17, 15) is 4.79 Å². The molecule has 3 rings (SSSR count). The molecule has 3 heterocycles. The number of hydrogen-bond donors (Lipinski definition) is 0. The zero-order chi connectivity index (χ0) is 16.4. The lowest BCUT2D eigenvalue weighted by atomic mass is 9.99. The fourth-order valence-corrected chi connectivity index (χ4v) is 4.84. The molecule has 1 saturated heterocycles. The van der Waals surface area contributed by atoms with Gasteiger partial charge >= 0.3 is 0 Å². The van der Waals surface area contributed by atoms with Gasteiger partial charge in [0.1, 0.15) is 15.7 Å². The van der Waals surface area contributed by atoms with Gasteiger partial charge in [-0.2, -0.15) is 0 Å². The number of thiophene rings is 1. The smallest absolute Gasteiger partial charge is 0.232 e. The van der Waals surface area contributed by atoms with E-state index in [0.29, 0.717) is 5.75 Å². The van der Waals surface area contributed by atoms with E-state index in [0.717, 1.165) is 59.3 Å². The number of nitrogens with zero attached hydrogens (tertiary/aromatic N) is 3. The number of carbonyl (C=O) groups excluding carboxylic acids is 1. The number of thioether (sulfide) groups is 1. The second-order valence-electron chi connectivity index (χ2n) is 6.21. The third kappa shape index (κ3) is 3.86. The van der Waals surface area contributed by atoms with Crippen LogP contribution in [0.25, 0.3) is 10.2 Å². The quantitative estimate of drug-likeness (QED) is 0.620. The van der Waals surface area contributed by atoms with Gasteiger partial charge in [-0.3, -0.25) is 4.79 Å². The standard InChI is InChI=1S/C17H23N3OS2/c1-4-13-9-14-16(18-12(3)19-17(14)23-13)22-10-15(21)20-7-5-11(2)6-8-20/h9,11H,4-8,10H2,1-3H3. The minimum absolute atomic E-state index is 0.234. The molecule has 0 spiro atoms. The highest BCUT2D eigenvalue weighted by atomic mass is 32.2. The van der Waals surface area contributed by atoms with Gasteiger partial charge in [-0.25, -0.2) is 9.97 Å². The number of rotatable bonds is 4. The van der Waals surface area contributed by atoms with Crippen LogP contribution in [0.15, 0.2) is 11.1 Å². The molecular formula is C17H23N3OS2. The molecule has 0 radical (unpaired) electrons. The van der Waals surface area contributed by atoms with Crippen LogP contribution in [0, 0.1) is 12.8 Å². The Morgan fingerprint density at radius 1 is 1.39 bits per heavy atom. The molecule has 2 aromatic rings. The molecular weight excluding hydrogens is 326 g/mol. The highest BCUT2D eigenvalue weighted by Crippen LogP contribution is 2.32. The Kier molecular flexibility index (Phi) is 5.21. The summed E-state index contributed by atoms with van der Waals surface area (Å²) in [6.07, 6.45) is 3.25. The maximum atomic E-state index is 12.4. The van der Waals surface area contributed by atoms with Crippen molar-refractivity contribution in [2.75, 3.05) is 18.8 Å². The maximum Gasteiger partial charge on any atom is 0.232 e. The lowest BCUT2D eigenvalue weighted by Crippen LogP contribution is -2.38. The van der Waals surface area contributed by atoms with E-state index in [4.69, 9.17) is 0 Å². The van der Waals surface area contributed by atoms with Gasteiger partial charge in [-0.15, -0.1) is 11.3 Å². The molecule has 1 aliphatic rings. The summed E-state index contributed by atoms with van der Waals surface area (Å²) in [5.74, 6) is 2.23. The summed E-state index contributed by atoms with van der Waals surface area (Å²) in [6.45, 7) is 8.13. The van der Waals surface area contributed by atoms with Crippen LogP contribution >= 0.6 is 23.1 Å². The molecule has 0 bridgehead atoms. The van der Waals surface area contributed by atoms with Crippen LogP contribution in [-0.2, 0) is 11.2 Å². The Morgan fingerprint density at radius 3 is 2.83 bits per heavy atom. The number of likely N-dealkylation sites (tertiary alicyclic amines) is 1. The van der Waals surface area contributed by atoms with Crippen LogP contribution in [0.2, 0.25) is 0 Å². The van der Waals surface area contributed by atoms with E-state index in [1.165, 1.54) is 4.88 Å². The zero-order valence-electron chi connectivity index (χ0n) is 14.0. The Bertz CT molecular complexity index is 705. The first-order valence-electron chi connectivity index (χ1n) is 8.24. The predicted octanol–water partition coefficient (Wildman–Crippen LogP) is 3.91. The second-order valence-corrected chi connectivity index (χ2v) is 8.29. The van der Waals surface area contributed by atoms with E-state index < -0.39 is 0 Å². The average molecular weight is 350 g/mol. The Hall–Kier alpha value is -1.14. The Balaban J connectivity index is 1.71. The van der Waals surface area contributed by atoms with E-state index >= 15 is 0 Å². The summed E-state index contributed by atoms with van der Waals surface area (Å²) in [6, 6.07) is 2.18. The molecule has 0 aliphatic carbocycles. The first-order chi connectivity index (χ1) is 11.1. The number of amides is 1. The van der Waals surface area contributed by atoms with Crippen molar-refractivity contribution in [2.24, 2.45) is 5.92 Å². The van der Waals surface area contributed by atoms with Gasteiger partial charge < -0.3 is 4.90 Å². The number of aromatic nitrogens is 2. The monoisotopic (exact) mass is 349 g/mol. The van der Waals surface area contributed by atoms with Crippen molar-refractivity contribution in [1.82, 2.24) is 14.9 Å². The van der Waals surface area contributed by atoms with Crippen molar-refractivity contribution < 1.29 is 4.79 Å². The lowest BCUT2D eigenvalue weighted by molar-refractivity contribution is -0.129. The molecule has 0 aromatic carbocycles. The molecule has 124 valence electrons. The van der Waals surface area contributed by atoms with Gasteiger partial charge in [0.25, 0.3) is 0 Å². The third-order valence-corrected chi connectivity index (χ3v) is 6.49. The molecule has 2 aromatic heterocycles. The zero-order valence-corrected chi connectivity index (χ0v) is 15.6. The van der Waals surface area contributed by atoms with E-state index in [-0.39, 0.29) is 5.91 Å². The van der Waals surface area contributed by atoms with Crippen LogP contribution in [0.4, 0.5) is 0 Å². The van der Waals surface area contributed by atoms with Gasteiger partial charge in [0.15, 0.2) is 0 Å². The van der Waals surface area contributed by atoms with Gasteiger partial charge in [0, 0.05) is 23.4 Å². The SMILES string of the molecule is CCc1cc2c(SCC(=O)N3CCC(C)CC3)nc(C)nc2s1. The van der Waals surface area contributed by atoms with Gasteiger partial charge in [0.2, 0.25) is 5.91 Å². The first-order valence-corrected chi connectivity index (χ1v) is 10.0. The molecule has 1 amide bonds. The Morgan fingerprint density at radius 2 is 2.13 bits per heavy atom. The number of aryl methyl sites for hydroxylation is 2. The van der Waals surface area contributed by atoms with Crippen LogP contribution in [0.1, 0.15) is 37.4 Å². The van der Waals surface area contributed by atoms with E-state index in [1.54, 1.807) is 23.1 Å². The minimum atomic E-state index is 0.234. The lowest BCUT2D eigenvalue weighted by Gasteiger charge is -2.30. The summed E-state index contributed by atoms with van der Waals surface area (Å²) in [7, 11) is 0. The summed E-state index contributed by atoms with van der Waals surface area (Å²) < 4.78 is 0. The second kappa shape index (κ2) is 7.18. The number of piperidine rings is 1. The van der Waals surface area contributed by atoms with Crippen LogP contribution in [0.3, 0.4) is 0 Å². The number of fused-ring (bicyclic) bond motifs is 1. The van der Waals surface area contributed by atoms with Crippen molar-refractivity contribution in [1.29, 1.82) is 0 Å². The topological polar surface area (TPSA) is 46.1 Å². The molecule has 0 atom stereocenters. The summed E-state index contributed by atoms with van der Waals surface area (Å²) >= 11 is 3.28. The molecule has 6 heteroatoms. The van der Waals surface area contributed by atoms with E-state index in [1.807, 2.05) is 11.8 Å². The Labute approximate surface area is 145 Å². The van der Waals surface area contributed by atoms with Crippen molar-refractivity contribution >= 4 is 39.2 Å². The molecule has 0 unspecified atom stereocenters. The predicted molar refractivity (Wildman–Crippen MR) is 97.2 cm³/mol. The van der Waals surface area contributed by atoms with Crippen LogP contribution in [-0.4, -0.2) is 39.6 Å². The molecule has 1 aliphatic heterocycles. The molecule has 23 heavy (non-hydrogen) atoms. The summed E-state index contributed by atoms with van der Waals surface area (Å²) in [5.41, 5.74) is 0. The van der Waals surface area contributed by atoms with Crippen molar-refractivity contribution in [3.8, 4) is 0 Å². The molecule has 0 N–H and O–H groups in total. The normalized spacial score (nSPS) is 16.2. The average Bonchev–Trinajstić information content (AvgIpc) is 2.96. The molecule has 1 fully saturated rings. The van der Waals surface area contributed by atoms with Gasteiger partial charge in [-0.05, 0) is 38.2 Å². The van der Waals surface area contributed by atoms with Gasteiger partial charge in [-0.1, -0.05) is 25.6 Å². The number of carbonyl (C=O) groups is 1. The fraction of sp³-hybridized carbons (Fsp3) is 0.588. The van der Waals surface area contributed by atoms with Crippen LogP contribution in [0.5, 0.6) is 0 Å². The van der Waals surface area contributed by atoms with Crippen LogP contribution < -0.4 is 0 Å². The molecule has 0 saturated carbocycles. The fourth-order valence-electron chi connectivity index (χ4n) is 2.81. The first kappa shape index (κ1) is 16.7. The molecule has 4 nitrogen and oxygen atoms in total. The van der Waals surface area contributed by atoms with Crippen molar-refractivity contribution in [3.05, 3.63) is 16.8 Å². The minimum Gasteiger partial charge on any atom is -0.342 e. The van der Waals surface area contributed by atoms with Gasteiger partial charge in [0.05, 0.1) is 5.75 Å². The summed E-state index contributed by atoms with van der Waals surface area (Å²) in [5, 5.41) is 2.05. The van der Waals surface area contributed by atoms with Crippen molar-refractivity contribution in [2.45, 2.75) is 45.1 Å². The largest absolute Gasteiger partial charge is 0.342 e. The summed E-state index contributed by atoms with van der Waals surface area (Å²) in [4.78, 5) is 25.9.